The molecule has 4 rings (SSSR count). The Labute approximate surface area is 157 Å². The summed E-state index contributed by atoms with van der Waals surface area (Å²) in [5, 5.41) is 7.13. The molecule has 6 heteroatoms. The molecule has 0 atom stereocenters. The van der Waals surface area contributed by atoms with Crippen LogP contribution in [0.2, 0.25) is 0 Å². The molecule has 0 saturated heterocycles. The number of aromatic nitrogens is 1. The highest BCUT2D eigenvalue weighted by molar-refractivity contribution is 6.02. The number of carbonyl (C=O) groups excluding carboxylic acids is 1. The molecule has 138 valence electrons. The quantitative estimate of drug-likeness (QED) is 0.715. The monoisotopic (exact) mass is 364 g/mol. The second-order valence-corrected chi connectivity index (χ2v) is 6.54. The van der Waals surface area contributed by atoms with Gasteiger partial charge in [0.15, 0.2) is 5.76 Å². The number of hydrogen-bond donors (Lipinski definition) is 1. The third-order valence-corrected chi connectivity index (χ3v) is 4.90. The smallest absolute Gasteiger partial charge is 0.236 e. The minimum absolute atomic E-state index is 0.112. The molecular formula is C21H20N2O4. The number of nitrogens with one attached hydrogen (secondary N) is 1. The van der Waals surface area contributed by atoms with E-state index in [9.17, 15) is 4.79 Å². The van der Waals surface area contributed by atoms with Gasteiger partial charge in [0.1, 0.15) is 11.5 Å². The van der Waals surface area contributed by atoms with Gasteiger partial charge in [0.05, 0.1) is 31.0 Å². The van der Waals surface area contributed by atoms with E-state index in [1.165, 1.54) is 0 Å². The molecule has 3 aromatic rings. The Morgan fingerprint density at radius 3 is 2.52 bits per heavy atom. The summed E-state index contributed by atoms with van der Waals surface area (Å²) in [5.74, 6) is 1.75. The standard InChI is InChI=1S/C21H20N2O4/c1-25-15-8-9-16(18(12-15)26-2)22-20(24)21(10-11-21)19-13-17(27-23-19)14-6-4-3-5-7-14/h3-9,12-13H,10-11H2,1-2H3,(H,22,24). The van der Waals surface area contributed by atoms with Crippen LogP contribution in [0.5, 0.6) is 11.5 Å². The van der Waals surface area contributed by atoms with Gasteiger partial charge in [-0.2, -0.15) is 0 Å². The lowest BCUT2D eigenvalue weighted by molar-refractivity contribution is -0.118. The Bertz CT molecular complexity index is 961. The van der Waals surface area contributed by atoms with Gasteiger partial charge in [0.25, 0.3) is 0 Å². The van der Waals surface area contributed by atoms with Crippen LogP contribution in [-0.2, 0) is 10.2 Å². The zero-order valence-corrected chi connectivity index (χ0v) is 15.2. The lowest BCUT2D eigenvalue weighted by atomic mass is 10.00. The second kappa shape index (κ2) is 6.79. The van der Waals surface area contributed by atoms with Crippen molar-refractivity contribution >= 4 is 11.6 Å². The average Bonchev–Trinajstić information content (AvgIpc) is 3.38. The van der Waals surface area contributed by atoms with Crippen molar-refractivity contribution in [3.05, 3.63) is 60.3 Å². The fourth-order valence-electron chi connectivity index (χ4n) is 3.11. The van der Waals surface area contributed by atoms with Crippen LogP contribution >= 0.6 is 0 Å². The summed E-state index contributed by atoms with van der Waals surface area (Å²) in [5.41, 5.74) is 1.54. The molecule has 0 radical (unpaired) electrons. The lowest BCUT2D eigenvalue weighted by Crippen LogP contribution is -2.28. The van der Waals surface area contributed by atoms with Gasteiger partial charge in [0.2, 0.25) is 5.91 Å². The number of ether oxygens (including phenoxy) is 2. The number of benzene rings is 2. The maximum absolute atomic E-state index is 13.0. The maximum Gasteiger partial charge on any atom is 0.236 e. The highest BCUT2D eigenvalue weighted by Crippen LogP contribution is 2.49. The number of nitrogens with zero attached hydrogens (tertiary/aromatic N) is 1. The molecule has 0 bridgehead atoms. The van der Waals surface area contributed by atoms with Gasteiger partial charge in [-0.05, 0) is 25.0 Å². The summed E-state index contributed by atoms with van der Waals surface area (Å²) in [7, 11) is 3.14. The van der Waals surface area contributed by atoms with Crippen LogP contribution in [-0.4, -0.2) is 25.3 Å². The number of hydrogen-bond acceptors (Lipinski definition) is 5. The first-order valence-electron chi connectivity index (χ1n) is 8.72. The summed E-state index contributed by atoms with van der Waals surface area (Å²) in [6.45, 7) is 0. The topological polar surface area (TPSA) is 73.6 Å². The number of amides is 1. The molecule has 1 aromatic heterocycles. The minimum Gasteiger partial charge on any atom is -0.497 e. The molecule has 1 heterocycles. The van der Waals surface area contributed by atoms with Crippen LogP contribution in [0.1, 0.15) is 18.5 Å². The molecular weight excluding hydrogens is 344 g/mol. The lowest BCUT2D eigenvalue weighted by Gasteiger charge is -2.15. The number of carbonyl (C=O) groups is 1. The predicted molar refractivity (Wildman–Crippen MR) is 101 cm³/mol. The van der Waals surface area contributed by atoms with E-state index in [0.717, 1.165) is 18.4 Å². The highest BCUT2D eigenvalue weighted by Gasteiger charge is 2.54. The summed E-state index contributed by atoms with van der Waals surface area (Å²) in [4.78, 5) is 13.0. The first-order valence-corrected chi connectivity index (χ1v) is 8.72. The largest absolute Gasteiger partial charge is 0.497 e. The molecule has 1 N–H and O–H groups in total. The van der Waals surface area contributed by atoms with Crippen LogP contribution in [0, 0.1) is 0 Å². The Balaban J connectivity index is 1.57. The molecule has 0 unspecified atom stereocenters. The zero-order valence-electron chi connectivity index (χ0n) is 15.2. The van der Waals surface area contributed by atoms with Gasteiger partial charge < -0.3 is 19.3 Å². The van der Waals surface area contributed by atoms with Crippen molar-refractivity contribution in [1.29, 1.82) is 0 Å². The van der Waals surface area contributed by atoms with E-state index in [0.29, 0.717) is 28.6 Å². The van der Waals surface area contributed by atoms with Crippen molar-refractivity contribution in [2.75, 3.05) is 19.5 Å². The van der Waals surface area contributed by atoms with Crippen molar-refractivity contribution < 1.29 is 18.8 Å². The van der Waals surface area contributed by atoms with E-state index in [-0.39, 0.29) is 5.91 Å². The maximum atomic E-state index is 13.0. The third-order valence-electron chi connectivity index (χ3n) is 4.90. The van der Waals surface area contributed by atoms with Crippen molar-refractivity contribution in [2.45, 2.75) is 18.3 Å². The SMILES string of the molecule is COc1ccc(NC(=O)C2(c3cc(-c4ccccc4)on3)CC2)c(OC)c1. The number of methoxy groups -OCH3 is 2. The second-order valence-electron chi connectivity index (χ2n) is 6.54. The Kier molecular flexibility index (Phi) is 4.32. The third kappa shape index (κ3) is 3.14. The molecule has 0 aliphatic heterocycles. The van der Waals surface area contributed by atoms with E-state index in [2.05, 4.69) is 10.5 Å². The van der Waals surface area contributed by atoms with Gasteiger partial charge in [-0.15, -0.1) is 0 Å². The molecule has 1 aliphatic rings. The zero-order chi connectivity index (χ0) is 18.9. The Morgan fingerprint density at radius 2 is 1.85 bits per heavy atom. The first-order chi connectivity index (χ1) is 13.2. The first kappa shape index (κ1) is 17.1. The average molecular weight is 364 g/mol. The van der Waals surface area contributed by atoms with Crippen molar-refractivity contribution in [3.8, 4) is 22.8 Å². The van der Waals surface area contributed by atoms with Crippen LogP contribution < -0.4 is 14.8 Å². The molecule has 1 amide bonds. The van der Waals surface area contributed by atoms with Gasteiger partial charge in [-0.25, -0.2) is 0 Å². The van der Waals surface area contributed by atoms with Crippen LogP contribution in [0.3, 0.4) is 0 Å². The molecule has 1 aliphatic carbocycles. The molecule has 6 nitrogen and oxygen atoms in total. The summed E-state index contributed by atoms with van der Waals surface area (Å²) < 4.78 is 16.0. The van der Waals surface area contributed by atoms with Crippen molar-refractivity contribution in [3.63, 3.8) is 0 Å². The Hall–Kier alpha value is -3.28. The van der Waals surface area contributed by atoms with Gasteiger partial charge >= 0.3 is 0 Å². The summed E-state index contributed by atoms with van der Waals surface area (Å²) >= 11 is 0. The predicted octanol–water partition coefficient (Wildman–Crippen LogP) is 4.03. The van der Waals surface area contributed by atoms with Crippen molar-refractivity contribution in [1.82, 2.24) is 5.16 Å². The normalized spacial score (nSPS) is 14.4. The fourth-order valence-corrected chi connectivity index (χ4v) is 3.11. The molecule has 1 saturated carbocycles. The van der Waals surface area contributed by atoms with E-state index in [1.54, 1.807) is 32.4 Å². The summed E-state index contributed by atoms with van der Waals surface area (Å²) in [6, 6.07) is 16.9. The van der Waals surface area contributed by atoms with Crippen LogP contribution in [0.15, 0.2) is 59.1 Å². The summed E-state index contributed by atoms with van der Waals surface area (Å²) in [6.07, 6.45) is 1.47. The van der Waals surface area contributed by atoms with E-state index in [4.69, 9.17) is 14.0 Å². The van der Waals surface area contributed by atoms with Crippen LogP contribution in [0.4, 0.5) is 5.69 Å². The molecule has 2 aromatic carbocycles. The van der Waals surface area contributed by atoms with Gasteiger partial charge in [-0.1, -0.05) is 35.5 Å². The highest BCUT2D eigenvalue weighted by atomic mass is 16.5. The van der Waals surface area contributed by atoms with Gasteiger partial charge in [-0.3, -0.25) is 4.79 Å². The minimum atomic E-state index is -0.651. The molecule has 27 heavy (non-hydrogen) atoms. The van der Waals surface area contributed by atoms with Gasteiger partial charge in [0, 0.05) is 17.7 Å². The van der Waals surface area contributed by atoms with E-state index in [1.807, 2.05) is 36.4 Å². The van der Waals surface area contributed by atoms with E-state index < -0.39 is 5.41 Å². The molecule has 1 fully saturated rings. The number of anilines is 1. The Morgan fingerprint density at radius 1 is 1.07 bits per heavy atom. The molecule has 0 spiro atoms. The van der Waals surface area contributed by atoms with Crippen molar-refractivity contribution in [2.24, 2.45) is 0 Å². The number of rotatable bonds is 6. The fraction of sp³-hybridized carbons (Fsp3) is 0.238. The van der Waals surface area contributed by atoms with Crippen LogP contribution in [0.25, 0.3) is 11.3 Å². The van der Waals surface area contributed by atoms with E-state index >= 15 is 0 Å².